The summed E-state index contributed by atoms with van der Waals surface area (Å²) in [6.07, 6.45) is 0.620. The van der Waals surface area contributed by atoms with Gasteiger partial charge in [-0.25, -0.2) is 4.39 Å². The number of nitrogens with one attached hydrogen (secondary N) is 1. The van der Waals surface area contributed by atoms with Gasteiger partial charge in [-0.15, -0.1) is 0 Å². The van der Waals surface area contributed by atoms with Crippen LogP contribution in [0.3, 0.4) is 0 Å². The number of rotatable bonds is 10. The van der Waals surface area contributed by atoms with Gasteiger partial charge < -0.3 is 19.7 Å². The molecule has 2 aromatic carbocycles. The number of ether oxygens (including phenoxy) is 2. The summed E-state index contributed by atoms with van der Waals surface area (Å²) in [4.78, 5) is 27.1. The molecule has 0 fully saturated rings. The predicted octanol–water partition coefficient (Wildman–Crippen LogP) is 3.72. The molecule has 0 aromatic heterocycles. The molecule has 31 heavy (non-hydrogen) atoms. The van der Waals surface area contributed by atoms with Crippen LogP contribution < -0.4 is 14.8 Å². The summed E-state index contributed by atoms with van der Waals surface area (Å²) in [6, 6.07) is 11.0. The lowest BCUT2D eigenvalue weighted by Crippen LogP contribution is -2.49. The number of carbonyl (C=O) groups is 2. The van der Waals surface area contributed by atoms with Crippen molar-refractivity contribution < 1.29 is 23.5 Å². The highest BCUT2D eigenvalue weighted by Gasteiger charge is 2.27. The lowest BCUT2D eigenvalue weighted by Gasteiger charge is -2.29. The van der Waals surface area contributed by atoms with E-state index >= 15 is 0 Å². The molecule has 0 spiro atoms. The molecule has 1 atom stereocenters. The van der Waals surface area contributed by atoms with Gasteiger partial charge in [0, 0.05) is 24.6 Å². The average Bonchev–Trinajstić information content (AvgIpc) is 2.75. The summed E-state index contributed by atoms with van der Waals surface area (Å²) in [5.41, 5.74) is 1.27. The van der Waals surface area contributed by atoms with Crippen molar-refractivity contribution in [1.29, 1.82) is 0 Å². The number of halogens is 1. The normalized spacial score (nSPS) is 11.7. The molecule has 0 unspecified atom stereocenters. The first-order valence-electron chi connectivity index (χ1n) is 10.3. The molecule has 1 N–H and O–H groups in total. The molecule has 2 amide bonds. The van der Waals surface area contributed by atoms with E-state index in [2.05, 4.69) is 5.32 Å². The third-order valence-corrected chi connectivity index (χ3v) is 4.97. The Balaban J connectivity index is 2.19. The molecule has 0 aliphatic rings. The van der Waals surface area contributed by atoms with Crippen LogP contribution in [0.1, 0.15) is 38.3 Å². The Morgan fingerprint density at radius 1 is 1.03 bits per heavy atom. The summed E-state index contributed by atoms with van der Waals surface area (Å²) < 4.78 is 24.8. The molecule has 2 aromatic rings. The van der Waals surface area contributed by atoms with Gasteiger partial charge in [0.1, 0.15) is 11.9 Å². The van der Waals surface area contributed by atoms with Gasteiger partial charge in [-0.3, -0.25) is 9.59 Å². The predicted molar refractivity (Wildman–Crippen MR) is 118 cm³/mol. The van der Waals surface area contributed by atoms with Gasteiger partial charge in [-0.2, -0.15) is 0 Å². The Morgan fingerprint density at radius 2 is 1.71 bits per heavy atom. The first-order chi connectivity index (χ1) is 14.8. The van der Waals surface area contributed by atoms with Crippen LogP contribution in [-0.4, -0.2) is 43.0 Å². The topological polar surface area (TPSA) is 67.9 Å². The van der Waals surface area contributed by atoms with Crippen molar-refractivity contribution in [2.45, 2.75) is 52.2 Å². The number of amides is 2. The summed E-state index contributed by atoms with van der Waals surface area (Å²) in [5.74, 6) is 0.282. The Kier molecular flexibility index (Phi) is 8.85. The van der Waals surface area contributed by atoms with Crippen LogP contribution in [0.25, 0.3) is 0 Å². The van der Waals surface area contributed by atoms with Crippen molar-refractivity contribution in [3.63, 3.8) is 0 Å². The zero-order chi connectivity index (χ0) is 23.0. The fourth-order valence-electron chi connectivity index (χ4n) is 3.23. The van der Waals surface area contributed by atoms with Crippen molar-refractivity contribution in [2.24, 2.45) is 0 Å². The molecular formula is C24H31FN2O4. The van der Waals surface area contributed by atoms with Gasteiger partial charge in [0.05, 0.1) is 14.2 Å². The van der Waals surface area contributed by atoms with Gasteiger partial charge in [0.15, 0.2) is 11.5 Å². The van der Waals surface area contributed by atoms with Crippen molar-refractivity contribution in [3.05, 3.63) is 59.4 Å². The fourth-order valence-corrected chi connectivity index (χ4v) is 3.23. The SMILES string of the molecule is COc1ccc(CCC(=O)N(Cc2ccccc2F)[C@@H](C)C(=O)NC(C)C)cc1OC. The summed E-state index contributed by atoms with van der Waals surface area (Å²) in [6.45, 7) is 5.38. The van der Waals surface area contributed by atoms with Crippen molar-refractivity contribution in [1.82, 2.24) is 10.2 Å². The monoisotopic (exact) mass is 430 g/mol. The zero-order valence-electron chi connectivity index (χ0n) is 18.8. The molecule has 0 aliphatic carbocycles. The second-order valence-electron chi connectivity index (χ2n) is 7.64. The Labute approximate surface area is 183 Å². The first kappa shape index (κ1) is 24.2. The van der Waals surface area contributed by atoms with Crippen LogP contribution in [-0.2, 0) is 22.6 Å². The minimum atomic E-state index is -0.736. The van der Waals surface area contributed by atoms with E-state index in [1.54, 1.807) is 45.4 Å². The van der Waals surface area contributed by atoms with Crippen molar-refractivity contribution >= 4 is 11.8 Å². The lowest BCUT2D eigenvalue weighted by molar-refractivity contribution is -0.140. The minimum Gasteiger partial charge on any atom is -0.493 e. The molecule has 2 rings (SSSR count). The third-order valence-electron chi connectivity index (χ3n) is 4.97. The van der Waals surface area contributed by atoms with E-state index in [1.165, 1.54) is 11.0 Å². The highest BCUT2D eigenvalue weighted by atomic mass is 19.1. The maximum atomic E-state index is 14.2. The standard InChI is InChI=1S/C24H31FN2O4/c1-16(2)26-24(29)17(3)27(15-19-8-6-7-9-20(19)25)23(28)13-11-18-10-12-21(30-4)22(14-18)31-5/h6-10,12,14,16-17H,11,13,15H2,1-5H3,(H,26,29)/t17-/m0/s1. The van der Waals surface area contributed by atoms with Gasteiger partial charge in [-0.05, 0) is 51.0 Å². The number of carbonyl (C=O) groups excluding carboxylic acids is 2. The van der Waals surface area contributed by atoms with E-state index in [0.717, 1.165) is 5.56 Å². The minimum absolute atomic E-state index is 0.0180. The number of aryl methyl sites for hydroxylation is 1. The van der Waals surface area contributed by atoms with Gasteiger partial charge in [0.2, 0.25) is 11.8 Å². The van der Waals surface area contributed by atoms with Crippen molar-refractivity contribution in [3.8, 4) is 11.5 Å². The fraction of sp³-hybridized carbons (Fsp3) is 0.417. The molecule has 7 heteroatoms. The number of methoxy groups -OCH3 is 2. The van der Waals surface area contributed by atoms with E-state index in [9.17, 15) is 14.0 Å². The highest BCUT2D eigenvalue weighted by molar-refractivity contribution is 5.87. The van der Waals surface area contributed by atoms with Crippen molar-refractivity contribution in [2.75, 3.05) is 14.2 Å². The summed E-state index contributed by atoms with van der Waals surface area (Å²) in [7, 11) is 3.11. The quantitative estimate of drug-likeness (QED) is 0.624. The highest BCUT2D eigenvalue weighted by Crippen LogP contribution is 2.28. The van der Waals surface area contributed by atoms with Gasteiger partial charge >= 0.3 is 0 Å². The van der Waals surface area contributed by atoms with Crippen LogP contribution in [0, 0.1) is 5.82 Å². The first-order valence-corrected chi connectivity index (χ1v) is 10.3. The lowest BCUT2D eigenvalue weighted by atomic mass is 10.1. The van der Waals surface area contributed by atoms with E-state index in [1.807, 2.05) is 26.0 Å². The molecule has 0 bridgehead atoms. The molecular weight excluding hydrogens is 399 g/mol. The maximum Gasteiger partial charge on any atom is 0.242 e. The average molecular weight is 431 g/mol. The van der Waals surface area contributed by atoms with E-state index < -0.39 is 11.9 Å². The van der Waals surface area contributed by atoms with E-state index in [0.29, 0.717) is 23.5 Å². The summed E-state index contributed by atoms with van der Waals surface area (Å²) >= 11 is 0. The number of benzene rings is 2. The van der Waals surface area contributed by atoms with Crippen LogP contribution in [0.5, 0.6) is 11.5 Å². The molecule has 0 saturated heterocycles. The molecule has 0 saturated carbocycles. The second kappa shape index (κ2) is 11.3. The molecule has 168 valence electrons. The van der Waals surface area contributed by atoms with Crippen LogP contribution in [0.2, 0.25) is 0 Å². The number of hydrogen-bond acceptors (Lipinski definition) is 4. The summed E-state index contributed by atoms with van der Waals surface area (Å²) in [5, 5.41) is 2.82. The molecule has 6 nitrogen and oxygen atoms in total. The molecule has 0 heterocycles. The maximum absolute atomic E-state index is 14.2. The second-order valence-corrected chi connectivity index (χ2v) is 7.64. The number of hydrogen-bond donors (Lipinski definition) is 1. The Hall–Kier alpha value is -3.09. The third kappa shape index (κ3) is 6.70. The van der Waals surface area contributed by atoms with Gasteiger partial charge in [0.25, 0.3) is 0 Å². The van der Waals surface area contributed by atoms with Crippen LogP contribution in [0.15, 0.2) is 42.5 Å². The van der Waals surface area contributed by atoms with Gasteiger partial charge in [-0.1, -0.05) is 24.3 Å². The van der Waals surface area contributed by atoms with E-state index in [4.69, 9.17) is 9.47 Å². The Bertz CT molecular complexity index is 901. The molecule has 0 radical (unpaired) electrons. The number of nitrogens with zero attached hydrogens (tertiary/aromatic N) is 1. The van der Waals surface area contributed by atoms with E-state index in [-0.39, 0.29) is 30.8 Å². The smallest absolute Gasteiger partial charge is 0.242 e. The Morgan fingerprint density at radius 3 is 2.32 bits per heavy atom. The largest absolute Gasteiger partial charge is 0.493 e. The van der Waals surface area contributed by atoms with Crippen LogP contribution in [0.4, 0.5) is 4.39 Å². The zero-order valence-corrected chi connectivity index (χ0v) is 18.8. The molecule has 0 aliphatic heterocycles. The van der Waals surface area contributed by atoms with Crippen LogP contribution >= 0.6 is 0 Å².